The molecule has 0 aliphatic carbocycles. The number of piperidine rings is 1. The molecule has 1 aliphatic rings. The van der Waals surface area contributed by atoms with Gasteiger partial charge in [-0.05, 0) is 50.1 Å². The van der Waals surface area contributed by atoms with Crippen LogP contribution < -0.4 is 10.1 Å². The fraction of sp³-hybridized carbons (Fsp3) is 0.381. The lowest BCUT2D eigenvalue weighted by Crippen LogP contribution is -2.43. The van der Waals surface area contributed by atoms with Crippen molar-refractivity contribution in [3.05, 3.63) is 42.2 Å². The number of methoxy groups -OCH3 is 1. The first-order valence-corrected chi connectivity index (χ1v) is 11.5. The van der Waals surface area contributed by atoms with E-state index >= 15 is 0 Å². The van der Waals surface area contributed by atoms with Crippen molar-refractivity contribution in [3.8, 4) is 5.75 Å². The molecule has 1 aromatic carbocycles. The summed E-state index contributed by atoms with van der Waals surface area (Å²) >= 11 is 0. The number of hydrogen-bond acceptors (Lipinski definition) is 6. The van der Waals surface area contributed by atoms with Crippen molar-refractivity contribution < 1.29 is 17.9 Å². The molecule has 2 aromatic heterocycles. The summed E-state index contributed by atoms with van der Waals surface area (Å²) in [5, 5.41) is 8.10. The number of sulfonamides is 1. The highest BCUT2D eigenvalue weighted by Gasteiger charge is 2.33. The molecule has 4 rings (SSSR count). The number of amides is 1. The van der Waals surface area contributed by atoms with Crippen LogP contribution >= 0.6 is 0 Å². The van der Waals surface area contributed by atoms with Gasteiger partial charge < -0.3 is 10.1 Å². The van der Waals surface area contributed by atoms with Crippen LogP contribution in [0.3, 0.4) is 0 Å². The van der Waals surface area contributed by atoms with E-state index in [1.165, 1.54) is 23.5 Å². The highest BCUT2D eigenvalue weighted by Crippen LogP contribution is 2.26. The van der Waals surface area contributed by atoms with E-state index in [2.05, 4.69) is 15.4 Å². The maximum Gasteiger partial charge on any atom is 0.243 e. The zero-order valence-corrected chi connectivity index (χ0v) is 18.5. The number of pyridine rings is 1. The smallest absolute Gasteiger partial charge is 0.243 e. The first-order chi connectivity index (χ1) is 14.8. The molecular weight excluding hydrogens is 418 g/mol. The second-order valence-corrected chi connectivity index (χ2v) is 9.61. The topological polar surface area (TPSA) is 106 Å². The third-order valence-electron chi connectivity index (χ3n) is 5.58. The van der Waals surface area contributed by atoms with E-state index in [0.29, 0.717) is 30.8 Å². The molecule has 164 valence electrons. The predicted octanol–water partition coefficient (Wildman–Crippen LogP) is 2.32. The Morgan fingerprint density at radius 2 is 2.00 bits per heavy atom. The fourth-order valence-electron chi connectivity index (χ4n) is 3.89. The third kappa shape index (κ3) is 4.13. The molecule has 1 fully saturated rings. The Morgan fingerprint density at radius 1 is 1.26 bits per heavy atom. The first kappa shape index (κ1) is 21.3. The van der Waals surface area contributed by atoms with Gasteiger partial charge in [0.1, 0.15) is 5.75 Å². The maximum atomic E-state index is 13.0. The molecule has 10 heteroatoms. The maximum absolute atomic E-state index is 13.0. The number of carbonyl (C=O) groups excluding carboxylic acids is 1. The number of carbonyl (C=O) groups is 1. The van der Waals surface area contributed by atoms with E-state index in [1.807, 2.05) is 20.0 Å². The minimum absolute atomic E-state index is 0.141. The molecule has 0 saturated carbocycles. The van der Waals surface area contributed by atoms with Crippen LogP contribution in [0.5, 0.6) is 5.75 Å². The number of aryl methyl sites for hydroxylation is 2. The number of nitrogens with one attached hydrogen (secondary N) is 1. The summed E-state index contributed by atoms with van der Waals surface area (Å²) in [5.41, 5.74) is 2.14. The van der Waals surface area contributed by atoms with Crippen molar-refractivity contribution in [1.82, 2.24) is 19.1 Å². The SMILES string of the molecule is COc1ccc(S(=O)(=O)N2CCCC(C(=O)Nc3cnc4c(c3)c(C)nn4C)C2)cc1. The van der Waals surface area contributed by atoms with E-state index in [1.54, 1.807) is 23.0 Å². The van der Waals surface area contributed by atoms with E-state index in [-0.39, 0.29) is 17.3 Å². The molecule has 9 nitrogen and oxygen atoms in total. The monoisotopic (exact) mass is 443 g/mol. The van der Waals surface area contributed by atoms with Crippen molar-refractivity contribution in [3.63, 3.8) is 0 Å². The van der Waals surface area contributed by atoms with E-state index < -0.39 is 15.9 Å². The van der Waals surface area contributed by atoms with Gasteiger partial charge in [-0.25, -0.2) is 13.4 Å². The van der Waals surface area contributed by atoms with Crippen LogP contribution in [0.4, 0.5) is 5.69 Å². The molecule has 3 heterocycles. The van der Waals surface area contributed by atoms with Gasteiger partial charge in [0.2, 0.25) is 15.9 Å². The van der Waals surface area contributed by atoms with Crippen LogP contribution in [0.1, 0.15) is 18.5 Å². The summed E-state index contributed by atoms with van der Waals surface area (Å²) in [6, 6.07) is 8.12. The summed E-state index contributed by atoms with van der Waals surface area (Å²) < 4.78 is 34.2. The van der Waals surface area contributed by atoms with Gasteiger partial charge in [-0.15, -0.1) is 0 Å². The van der Waals surface area contributed by atoms with Crippen molar-refractivity contribution in [2.24, 2.45) is 13.0 Å². The molecule has 0 spiro atoms. The molecule has 1 saturated heterocycles. The van der Waals surface area contributed by atoms with Crippen molar-refractivity contribution in [2.75, 3.05) is 25.5 Å². The van der Waals surface area contributed by atoms with Gasteiger partial charge in [0, 0.05) is 25.5 Å². The Labute approximate surface area is 181 Å². The van der Waals surface area contributed by atoms with E-state index in [4.69, 9.17) is 4.74 Å². The normalized spacial score (nSPS) is 17.6. The lowest BCUT2D eigenvalue weighted by Gasteiger charge is -2.31. The Morgan fingerprint density at radius 3 is 2.71 bits per heavy atom. The molecule has 1 amide bonds. The van der Waals surface area contributed by atoms with Gasteiger partial charge in [0.05, 0.1) is 35.5 Å². The largest absolute Gasteiger partial charge is 0.497 e. The summed E-state index contributed by atoms with van der Waals surface area (Å²) in [4.78, 5) is 17.5. The molecule has 0 bridgehead atoms. The van der Waals surface area contributed by atoms with Gasteiger partial charge >= 0.3 is 0 Å². The molecular formula is C21H25N5O4S. The summed E-state index contributed by atoms with van der Waals surface area (Å²) in [6.45, 7) is 2.42. The summed E-state index contributed by atoms with van der Waals surface area (Å²) in [5.74, 6) is -0.0610. The number of ether oxygens (including phenoxy) is 1. The number of anilines is 1. The Kier molecular flexibility index (Phi) is 5.67. The predicted molar refractivity (Wildman–Crippen MR) is 116 cm³/mol. The van der Waals surface area contributed by atoms with Gasteiger partial charge in [-0.3, -0.25) is 9.48 Å². The number of benzene rings is 1. The van der Waals surface area contributed by atoms with Crippen LogP contribution in [0.2, 0.25) is 0 Å². The minimum Gasteiger partial charge on any atom is -0.497 e. The van der Waals surface area contributed by atoms with E-state index in [0.717, 1.165) is 16.7 Å². The van der Waals surface area contributed by atoms with Crippen LogP contribution in [0.25, 0.3) is 11.0 Å². The summed E-state index contributed by atoms with van der Waals surface area (Å²) in [6.07, 6.45) is 2.84. The standard InChI is InChI=1S/C21H25N5O4S/c1-14-19-11-16(12-22-20(19)25(2)24-14)23-21(27)15-5-4-10-26(13-15)31(28,29)18-8-6-17(30-3)7-9-18/h6-9,11-12,15H,4-5,10,13H2,1-3H3,(H,23,27). The molecule has 1 unspecified atom stereocenters. The Hall–Kier alpha value is -2.98. The Bertz CT molecular complexity index is 1220. The average Bonchev–Trinajstić information content (AvgIpc) is 3.06. The Balaban J connectivity index is 1.48. The van der Waals surface area contributed by atoms with Crippen molar-refractivity contribution in [2.45, 2.75) is 24.7 Å². The highest BCUT2D eigenvalue weighted by molar-refractivity contribution is 7.89. The highest BCUT2D eigenvalue weighted by atomic mass is 32.2. The van der Waals surface area contributed by atoms with E-state index in [9.17, 15) is 13.2 Å². The number of fused-ring (bicyclic) bond motifs is 1. The van der Waals surface area contributed by atoms with Crippen LogP contribution in [-0.2, 0) is 21.9 Å². The van der Waals surface area contributed by atoms with Crippen LogP contribution in [-0.4, -0.2) is 53.6 Å². The number of aromatic nitrogens is 3. The molecule has 3 aromatic rings. The van der Waals surface area contributed by atoms with Gasteiger partial charge in [0.15, 0.2) is 5.65 Å². The second-order valence-electron chi connectivity index (χ2n) is 7.67. The lowest BCUT2D eigenvalue weighted by atomic mass is 9.99. The number of hydrogen-bond donors (Lipinski definition) is 1. The van der Waals surface area contributed by atoms with Gasteiger partial charge in [-0.1, -0.05) is 0 Å². The minimum atomic E-state index is -3.68. The fourth-order valence-corrected chi connectivity index (χ4v) is 5.42. The van der Waals surface area contributed by atoms with Gasteiger partial charge in [0.25, 0.3) is 0 Å². The molecule has 1 atom stereocenters. The third-order valence-corrected chi connectivity index (χ3v) is 7.46. The molecule has 1 N–H and O–H groups in total. The number of nitrogens with zero attached hydrogens (tertiary/aromatic N) is 4. The number of rotatable bonds is 5. The van der Waals surface area contributed by atoms with Crippen molar-refractivity contribution in [1.29, 1.82) is 0 Å². The average molecular weight is 444 g/mol. The first-order valence-electron chi connectivity index (χ1n) is 10.0. The zero-order chi connectivity index (χ0) is 22.2. The van der Waals surface area contributed by atoms with Crippen LogP contribution in [0, 0.1) is 12.8 Å². The lowest BCUT2D eigenvalue weighted by molar-refractivity contribution is -0.120. The van der Waals surface area contributed by atoms with Gasteiger partial charge in [-0.2, -0.15) is 9.40 Å². The molecule has 0 radical (unpaired) electrons. The quantitative estimate of drug-likeness (QED) is 0.649. The van der Waals surface area contributed by atoms with Crippen molar-refractivity contribution >= 4 is 32.7 Å². The molecule has 1 aliphatic heterocycles. The molecule has 31 heavy (non-hydrogen) atoms. The second kappa shape index (κ2) is 8.27. The summed E-state index contributed by atoms with van der Waals surface area (Å²) in [7, 11) is -0.336. The zero-order valence-electron chi connectivity index (χ0n) is 17.7. The van der Waals surface area contributed by atoms with Crippen LogP contribution in [0.15, 0.2) is 41.4 Å².